The van der Waals surface area contributed by atoms with E-state index in [-0.39, 0.29) is 28.0 Å². The fourth-order valence-electron chi connectivity index (χ4n) is 2.90. The molecule has 0 aromatic carbocycles. The Morgan fingerprint density at radius 2 is 2.12 bits per heavy atom. The van der Waals surface area contributed by atoms with Crippen LogP contribution in [0.25, 0.3) is 0 Å². The van der Waals surface area contributed by atoms with E-state index in [1.54, 1.807) is 4.90 Å². The number of likely N-dealkylation sites (tertiary alicyclic amines) is 1. The second-order valence-corrected chi connectivity index (χ2v) is 7.80. The van der Waals surface area contributed by atoms with Crippen molar-refractivity contribution in [2.45, 2.75) is 23.7 Å². The van der Waals surface area contributed by atoms with E-state index in [1.807, 2.05) is 0 Å². The Labute approximate surface area is 138 Å². The number of aromatic nitrogens is 4. The van der Waals surface area contributed by atoms with E-state index in [0.717, 1.165) is 19.1 Å². The molecule has 0 saturated carbocycles. The first-order valence-corrected chi connectivity index (χ1v) is 9.33. The van der Waals surface area contributed by atoms with Gasteiger partial charge in [0.1, 0.15) is 10.6 Å². The van der Waals surface area contributed by atoms with Gasteiger partial charge in [-0.05, 0) is 18.9 Å². The minimum atomic E-state index is -3.38. The highest BCUT2D eigenvalue weighted by molar-refractivity contribution is 7.90. The summed E-state index contributed by atoms with van der Waals surface area (Å²) in [6.07, 6.45) is 3.93. The molecule has 0 radical (unpaired) electrons. The van der Waals surface area contributed by atoms with Gasteiger partial charge in [0, 0.05) is 31.3 Å². The molecule has 9 nitrogen and oxygen atoms in total. The first kappa shape index (κ1) is 16.4. The lowest BCUT2D eigenvalue weighted by molar-refractivity contribution is 0.0698. The number of nitrogens with one attached hydrogen (secondary N) is 2. The first-order valence-electron chi connectivity index (χ1n) is 7.44. The summed E-state index contributed by atoms with van der Waals surface area (Å²) in [6, 6.07) is 2.63. The standard InChI is InChI=1S/C14H17N5O4S/c1-24(22,23)11-7-15-18-13(11)9-3-2-6-19(8-9)14(21)10-4-5-12(20)17-16-10/h4-5,7,9H,2-3,6,8H2,1H3,(H,15,18)(H,17,20)/t9-/m1/s1. The van der Waals surface area contributed by atoms with Crippen molar-refractivity contribution in [3.63, 3.8) is 0 Å². The molecule has 0 unspecified atom stereocenters. The minimum absolute atomic E-state index is 0.141. The van der Waals surface area contributed by atoms with Crippen molar-refractivity contribution in [2.24, 2.45) is 0 Å². The number of carbonyl (C=O) groups excluding carboxylic acids is 1. The van der Waals surface area contributed by atoms with Gasteiger partial charge in [-0.25, -0.2) is 13.5 Å². The van der Waals surface area contributed by atoms with Gasteiger partial charge in [-0.1, -0.05) is 0 Å². The highest BCUT2D eigenvalue weighted by Gasteiger charge is 2.30. The summed E-state index contributed by atoms with van der Waals surface area (Å²) in [5.74, 6) is -0.436. The number of nitrogens with zero attached hydrogens (tertiary/aromatic N) is 3. The predicted octanol–water partition coefficient (Wildman–Crippen LogP) is -0.0837. The zero-order valence-electron chi connectivity index (χ0n) is 13.0. The zero-order valence-corrected chi connectivity index (χ0v) is 13.8. The van der Waals surface area contributed by atoms with E-state index in [0.29, 0.717) is 18.8 Å². The molecule has 0 spiro atoms. The Balaban J connectivity index is 1.82. The third kappa shape index (κ3) is 3.23. The van der Waals surface area contributed by atoms with Crippen LogP contribution in [0.1, 0.15) is 34.9 Å². The maximum atomic E-state index is 12.5. The lowest BCUT2D eigenvalue weighted by Crippen LogP contribution is -2.40. The number of rotatable bonds is 3. The molecule has 3 rings (SSSR count). The van der Waals surface area contributed by atoms with Gasteiger partial charge in [0.15, 0.2) is 9.84 Å². The molecule has 3 heterocycles. The van der Waals surface area contributed by atoms with E-state index < -0.39 is 9.84 Å². The van der Waals surface area contributed by atoms with Gasteiger partial charge in [0.25, 0.3) is 11.5 Å². The Hall–Kier alpha value is -2.49. The topological polar surface area (TPSA) is 129 Å². The number of H-pyrrole nitrogens is 2. The third-order valence-corrected chi connectivity index (χ3v) is 5.17. The molecule has 10 heteroatoms. The van der Waals surface area contributed by atoms with Crippen LogP contribution in [-0.4, -0.2) is 59.0 Å². The van der Waals surface area contributed by atoms with Crippen LogP contribution in [0.4, 0.5) is 0 Å². The number of hydrogen-bond donors (Lipinski definition) is 2. The summed E-state index contributed by atoms with van der Waals surface area (Å²) in [5.41, 5.74) is 0.311. The smallest absolute Gasteiger partial charge is 0.274 e. The second-order valence-electron chi connectivity index (χ2n) is 5.82. The van der Waals surface area contributed by atoms with Gasteiger partial charge in [-0.3, -0.25) is 14.7 Å². The maximum absolute atomic E-state index is 12.5. The Kier molecular flexibility index (Phi) is 4.22. The lowest BCUT2D eigenvalue weighted by Gasteiger charge is -2.32. The van der Waals surface area contributed by atoms with Crippen molar-refractivity contribution in [3.05, 3.63) is 40.1 Å². The molecule has 0 aliphatic carbocycles. The molecular weight excluding hydrogens is 334 g/mol. The molecule has 128 valence electrons. The van der Waals surface area contributed by atoms with Crippen molar-refractivity contribution in [3.8, 4) is 0 Å². The minimum Gasteiger partial charge on any atom is -0.337 e. The van der Waals surface area contributed by atoms with E-state index in [9.17, 15) is 18.0 Å². The second kappa shape index (κ2) is 6.19. The summed E-state index contributed by atoms with van der Waals surface area (Å²) in [6.45, 7) is 0.919. The summed E-state index contributed by atoms with van der Waals surface area (Å²) >= 11 is 0. The van der Waals surface area contributed by atoms with Gasteiger partial charge in [-0.15, -0.1) is 0 Å². The van der Waals surface area contributed by atoms with Crippen molar-refractivity contribution in [1.82, 2.24) is 25.3 Å². The summed E-state index contributed by atoms with van der Waals surface area (Å²) in [4.78, 5) is 25.3. The predicted molar refractivity (Wildman–Crippen MR) is 84.4 cm³/mol. The number of piperidine rings is 1. The molecule has 1 amide bonds. The molecular formula is C14H17N5O4S. The average molecular weight is 351 g/mol. The number of aromatic amines is 2. The molecule has 2 aromatic rings. The summed E-state index contributed by atoms with van der Waals surface area (Å²) in [5, 5.41) is 12.6. The fourth-order valence-corrected chi connectivity index (χ4v) is 3.75. The molecule has 1 atom stereocenters. The number of sulfone groups is 1. The van der Waals surface area contributed by atoms with Crippen LogP contribution >= 0.6 is 0 Å². The zero-order chi connectivity index (χ0) is 17.3. The van der Waals surface area contributed by atoms with Crippen LogP contribution in [0.3, 0.4) is 0 Å². The number of hydrogen-bond acceptors (Lipinski definition) is 6. The van der Waals surface area contributed by atoms with Gasteiger partial charge < -0.3 is 4.90 Å². The Morgan fingerprint density at radius 3 is 2.79 bits per heavy atom. The van der Waals surface area contributed by atoms with Crippen LogP contribution in [0.2, 0.25) is 0 Å². The van der Waals surface area contributed by atoms with E-state index in [4.69, 9.17) is 0 Å². The molecule has 1 aliphatic rings. The van der Waals surface area contributed by atoms with Crippen molar-refractivity contribution < 1.29 is 13.2 Å². The first-order chi connectivity index (χ1) is 11.4. The van der Waals surface area contributed by atoms with Gasteiger partial charge >= 0.3 is 0 Å². The van der Waals surface area contributed by atoms with Crippen molar-refractivity contribution in [1.29, 1.82) is 0 Å². The van der Waals surface area contributed by atoms with Gasteiger partial charge in [0.05, 0.1) is 11.9 Å². The Morgan fingerprint density at radius 1 is 1.33 bits per heavy atom. The number of amides is 1. The lowest BCUT2D eigenvalue weighted by atomic mass is 9.94. The largest absolute Gasteiger partial charge is 0.337 e. The SMILES string of the molecule is CS(=O)(=O)c1cn[nH]c1[C@@H]1CCCN(C(=O)c2ccc(=O)[nH]n2)C1. The third-order valence-electron chi connectivity index (χ3n) is 4.05. The summed E-state index contributed by atoms with van der Waals surface area (Å²) < 4.78 is 23.7. The van der Waals surface area contributed by atoms with Crippen molar-refractivity contribution >= 4 is 15.7 Å². The molecule has 2 N–H and O–H groups in total. The maximum Gasteiger partial charge on any atom is 0.274 e. The Bertz CT molecular complexity index is 897. The summed E-state index contributed by atoms with van der Waals surface area (Å²) in [7, 11) is -3.38. The van der Waals surface area contributed by atoms with E-state index in [2.05, 4.69) is 20.4 Å². The highest BCUT2D eigenvalue weighted by Crippen LogP contribution is 2.30. The van der Waals surface area contributed by atoms with Crippen LogP contribution in [0, 0.1) is 0 Å². The monoisotopic (exact) mass is 351 g/mol. The number of carbonyl (C=O) groups is 1. The van der Waals surface area contributed by atoms with Crippen LogP contribution < -0.4 is 5.56 Å². The molecule has 1 saturated heterocycles. The molecule has 2 aromatic heterocycles. The molecule has 0 bridgehead atoms. The van der Waals surface area contributed by atoms with E-state index in [1.165, 1.54) is 18.3 Å². The molecule has 24 heavy (non-hydrogen) atoms. The van der Waals surface area contributed by atoms with E-state index >= 15 is 0 Å². The van der Waals surface area contributed by atoms with Crippen LogP contribution in [-0.2, 0) is 9.84 Å². The fraction of sp³-hybridized carbons (Fsp3) is 0.429. The van der Waals surface area contributed by atoms with Crippen LogP contribution in [0.5, 0.6) is 0 Å². The van der Waals surface area contributed by atoms with Gasteiger partial charge in [-0.2, -0.15) is 10.2 Å². The normalized spacial score (nSPS) is 18.5. The average Bonchev–Trinajstić information content (AvgIpc) is 3.05. The molecule has 1 aliphatic heterocycles. The molecule has 1 fully saturated rings. The quantitative estimate of drug-likeness (QED) is 0.795. The van der Waals surface area contributed by atoms with Gasteiger partial charge in [0.2, 0.25) is 0 Å². The van der Waals surface area contributed by atoms with Crippen molar-refractivity contribution in [2.75, 3.05) is 19.3 Å². The highest BCUT2D eigenvalue weighted by atomic mass is 32.2. The van der Waals surface area contributed by atoms with Crippen LogP contribution in [0.15, 0.2) is 28.0 Å².